The van der Waals surface area contributed by atoms with Crippen LogP contribution in [-0.2, 0) is 4.74 Å². The maximum Gasteiger partial charge on any atom is 0.171 e. The fraction of sp³-hybridized carbons (Fsp3) is 0.714. The maximum absolute atomic E-state index is 9.24. The second-order valence-corrected chi connectivity index (χ2v) is 2.18. The third-order valence-electron chi connectivity index (χ3n) is 1.18. The van der Waals surface area contributed by atoms with Gasteiger partial charge in [0.15, 0.2) is 5.60 Å². The standard InChI is InChI=1S/C7H10O2/c1-2-3-4-7(8)5-9-6-7/h8H,2,5-6H2,1H3. The Morgan fingerprint density at radius 3 is 2.67 bits per heavy atom. The van der Waals surface area contributed by atoms with Gasteiger partial charge in [0.25, 0.3) is 0 Å². The van der Waals surface area contributed by atoms with Crippen LogP contribution in [0.25, 0.3) is 0 Å². The summed E-state index contributed by atoms with van der Waals surface area (Å²) in [4.78, 5) is 0. The zero-order valence-electron chi connectivity index (χ0n) is 5.48. The fourth-order valence-corrected chi connectivity index (χ4v) is 0.620. The summed E-state index contributed by atoms with van der Waals surface area (Å²) in [5.41, 5.74) is -0.810. The second-order valence-electron chi connectivity index (χ2n) is 2.18. The van der Waals surface area contributed by atoms with Gasteiger partial charge >= 0.3 is 0 Å². The summed E-state index contributed by atoms with van der Waals surface area (Å²) in [5, 5.41) is 9.24. The zero-order valence-corrected chi connectivity index (χ0v) is 5.48. The Morgan fingerprint density at radius 1 is 1.67 bits per heavy atom. The second kappa shape index (κ2) is 2.38. The molecule has 0 spiro atoms. The summed E-state index contributed by atoms with van der Waals surface area (Å²) in [5.74, 6) is 5.54. The molecular weight excluding hydrogens is 116 g/mol. The predicted molar refractivity (Wildman–Crippen MR) is 33.8 cm³/mol. The minimum atomic E-state index is -0.810. The maximum atomic E-state index is 9.24. The van der Waals surface area contributed by atoms with E-state index in [0.717, 1.165) is 6.42 Å². The van der Waals surface area contributed by atoms with Crippen LogP contribution in [0.5, 0.6) is 0 Å². The Balaban J connectivity index is 2.41. The van der Waals surface area contributed by atoms with Crippen molar-refractivity contribution in [3.8, 4) is 11.8 Å². The van der Waals surface area contributed by atoms with E-state index in [1.165, 1.54) is 0 Å². The minimum absolute atomic E-state index is 0.375. The first-order chi connectivity index (χ1) is 4.27. The monoisotopic (exact) mass is 126 g/mol. The number of hydrogen-bond donors (Lipinski definition) is 1. The third-order valence-corrected chi connectivity index (χ3v) is 1.18. The molecule has 0 unspecified atom stereocenters. The van der Waals surface area contributed by atoms with Crippen LogP contribution in [-0.4, -0.2) is 23.9 Å². The highest BCUT2D eigenvalue weighted by Crippen LogP contribution is 2.14. The van der Waals surface area contributed by atoms with Crippen molar-refractivity contribution in [1.29, 1.82) is 0 Å². The average molecular weight is 126 g/mol. The van der Waals surface area contributed by atoms with Crippen LogP contribution >= 0.6 is 0 Å². The zero-order chi connectivity index (χ0) is 6.74. The Kier molecular flexibility index (Phi) is 1.75. The normalized spacial score (nSPS) is 21.6. The van der Waals surface area contributed by atoms with Gasteiger partial charge in [0.05, 0.1) is 13.2 Å². The third kappa shape index (κ3) is 1.44. The van der Waals surface area contributed by atoms with Gasteiger partial charge in [-0.2, -0.15) is 0 Å². The van der Waals surface area contributed by atoms with Gasteiger partial charge in [0, 0.05) is 6.42 Å². The van der Waals surface area contributed by atoms with Gasteiger partial charge in [-0.3, -0.25) is 0 Å². The summed E-state index contributed by atoms with van der Waals surface area (Å²) in [6, 6.07) is 0. The molecule has 1 aliphatic rings. The summed E-state index contributed by atoms with van der Waals surface area (Å²) >= 11 is 0. The lowest BCUT2D eigenvalue weighted by atomic mass is 10.0. The first kappa shape index (κ1) is 6.60. The largest absolute Gasteiger partial charge is 0.373 e. The Morgan fingerprint density at radius 2 is 2.33 bits per heavy atom. The number of rotatable bonds is 0. The first-order valence-corrected chi connectivity index (χ1v) is 3.07. The van der Waals surface area contributed by atoms with Crippen molar-refractivity contribution in [3.63, 3.8) is 0 Å². The van der Waals surface area contributed by atoms with Gasteiger partial charge in [-0.05, 0) is 0 Å². The Bertz CT molecular complexity index is 148. The highest BCUT2D eigenvalue weighted by molar-refractivity contribution is 5.16. The molecule has 1 fully saturated rings. The molecule has 50 valence electrons. The molecule has 9 heavy (non-hydrogen) atoms. The summed E-state index contributed by atoms with van der Waals surface area (Å²) < 4.78 is 4.78. The van der Waals surface area contributed by atoms with Crippen molar-refractivity contribution < 1.29 is 9.84 Å². The van der Waals surface area contributed by atoms with Crippen LogP contribution in [0.1, 0.15) is 13.3 Å². The lowest BCUT2D eigenvalue weighted by molar-refractivity contribution is -0.140. The summed E-state index contributed by atoms with van der Waals surface area (Å²) in [6.07, 6.45) is 0.794. The van der Waals surface area contributed by atoms with Crippen LogP contribution in [0.15, 0.2) is 0 Å². The predicted octanol–water partition coefficient (Wildman–Crippen LogP) is 0.161. The smallest absolute Gasteiger partial charge is 0.171 e. The Hall–Kier alpha value is -0.520. The van der Waals surface area contributed by atoms with Gasteiger partial charge in [-0.1, -0.05) is 12.8 Å². The van der Waals surface area contributed by atoms with Crippen molar-refractivity contribution >= 4 is 0 Å². The van der Waals surface area contributed by atoms with E-state index in [4.69, 9.17) is 4.74 Å². The van der Waals surface area contributed by atoms with E-state index in [9.17, 15) is 5.11 Å². The molecule has 0 aromatic rings. The SMILES string of the molecule is CCC#CC1(O)COC1. The molecule has 1 heterocycles. The van der Waals surface area contributed by atoms with E-state index in [-0.39, 0.29) is 0 Å². The van der Waals surface area contributed by atoms with Crippen LogP contribution in [0.2, 0.25) is 0 Å². The molecule has 2 nitrogen and oxygen atoms in total. The fourth-order valence-electron chi connectivity index (χ4n) is 0.620. The van der Waals surface area contributed by atoms with Gasteiger partial charge < -0.3 is 9.84 Å². The van der Waals surface area contributed by atoms with Crippen molar-refractivity contribution in [2.24, 2.45) is 0 Å². The molecule has 0 atom stereocenters. The van der Waals surface area contributed by atoms with E-state index in [2.05, 4.69) is 11.8 Å². The molecule has 0 amide bonds. The summed E-state index contributed by atoms with van der Waals surface area (Å²) in [7, 11) is 0. The van der Waals surface area contributed by atoms with Crippen molar-refractivity contribution in [1.82, 2.24) is 0 Å². The quantitative estimate of drug-likeness (QED) is 0.468. The van der Waals surface area contributed by atoms with E-state index >= 15 is 0 Å². The highest BCUT2D eigenvalue weighted by atomic mass is 16.5. The molecule has 1 rings (SSSR count). The van der Waals surface area contributed by atoms with Gasteiger partial charge in [0.1, 0.15) is 0 Å². The average Bonchev–Trinajstić information content (AvgIpc) is 1.79. The van der Waals surface area contributed by atoms with Crippen LogP contribution in [0, 0.1) is 11.8 Å². The summed E-state index contributed by atoms with van der Waals surface area (Å²) in [6.45, 7) is 2.70. The molecule has 0 aliphatic carbocycles. The topological polar surface area (TPSA) is 29.5 Å². The van der Waals surface area contributed by atoms with Crippen molar-refractivity contribution in [3.05, 3.63) is 0 Å². The molecule has 1 N–H and O–H groups in total. The first-order valence-electron chi connectivity index (χ1n) is 3.07. The minimum Gasteiger partial charge on any atom is -0.373 e. The molecule has 0 radical (unpaired) electrons. The van der Waals surface area contributed by atoms with Crippen LogP contribution < -0.4 is 0 Å². The number of ether oxygens (including phenoxy) is 1. The molecule has 1 saturated heterocycles. The molecule has 1 aliphatic heterocycles. The molecule has 0 aromatic carbocycles. The number of hydrogen-bond acceptors (Lipinski definition) is 2. The van der Waals surface area contributed by atoms with Crippen LogP contribution in [0.3, 0.4) is 0 Å². The molecule has 0 saturated carbocycles. The van der Waals surface area contributed by atoms with Gasteiger partial charge in [-0.25, -0.2) is 0 Å². The molecule has 0 aromatic heterocycles. The van der Waals surface area contributed by atoms with E-state index in [0.29, 0.717) is 13.2 Å². The van der Waals surface area contributed by atoms with Crippen molar-refractivity contribution in [2.45, 2.75) is 18.9 Å². The lowest BCUT2D eigenvalue weighted by Crippen LogP contribution is -2.48. The molecule has 2 heteroatoms. The van der Waals surface area contributed by atoms with Crippen molar-refractivity contribution in [2.75, 3.05) is 13.2 Å². The molecular formula is C7H10O2. The van der Waals surface area contributed by atoms with Gasteiger partial charge in [-0.15, -0.1) is 5.92 Å². The number of aliphatic hydroxyl groups is 1. The highest BCUT2D eigenvalue weighted by Gasteiger charge is 2.33. The van der Waals surface area contributed by atoms with E-state index in [1.54, 1.807) is 0 Å². The lowest BCUT2D eigenvalue weighted by Gasteiger charge is -2.30. The van der Waals surface area contributed by atoms with Crippen LogP contribution in [0.4, 0.5) is 0 Å². The Labute approximate surface area is 54.8 Å². The molecule has 0 bridgehead atoms. The van der Waals surface area contributed by atoms with Gasteiger partial charge in [0.2, 0.25) is 0 Å². The van der Waals surface area contributed by atoms with E-state index < -0.39 is 5.60 Å². The van der Waals surface area contributed by atoms with E-state index in [1.807, 2.05) is 6.92 Å².